The van der Waals surface area contributed by atoms with Gasteiger partial charge in [0.05, 0.1) is 23.9 Å². The van der Waals surface area contributed by atoms with Gasteiger partial charge in [-0.1, -0.05) is 35.5 Å². The first-order valence-corrected chi connectivity index (χ1v) is 14.5. The van der Waals surface area contributed by atoms with Gasteiger partial charge < -0.3 is 15.1 Å². The van der Waals surface area contributed by atoms with Crippen LogP contribution >= 0.6 is 0 Å². The maximum Gasteiger partial charge on any atom is 0.264 e. The quantitative estimate of drug-likeness (QED) is 0.207. The fourth-order valence-corrected chi connectivity index (χ4v) is 5.71. The number of carbonyl (C=O) groups excluding carboxylic acids is 5. The third kappa shape index (κ3) is 5.36. The highest BCUT2D eigenvalue weighted by Crippen LogP contribution is 2.33. The predicted molar refractivity (Wildman–Crippen MR) is 161 cm³/mol. The summed E-state index contributed by atoms with van der Waals surface area (Å²) in [5.41, 5.74) is 2.60. The summed E-state index contributed by atoms with van der Waals surface area (Å²) in [6.07, 6.45) is 5.01. The van der Waals surface area contributed by atoms with Gasteiger partial charge in [-0.2, -0.15) is 0 Å². The average Bonchev–Trinajstić information content (AvgIpc) is 3.76. The molecule has 2 aliphatic heterocycles. The summed E-state index contributed by atoms with van der Waals surface area (Å²) in [5, 5.41) is 17.4. The Morgan fingerprint density at radius 2 is 1.91 bits per heavy atom. The van der Waals surface area contributed by atoms with Crippen molar-refractivity contribution in [1.29, 1.82) is 0 Å². The molecule has 14 nitrogen and oxygen atoms in total. The smallest absolute Gasteiger partial charge is 0.264 e. The molecule has 1 fully saturated rings. The van der Waals surface area contributed by atoms with E-state index in [1.165, 1.54) is 10.7 Å². The van der Waals surface area contributed by atoms with Crippen LogP contribution in [-0.2, 0) is 27.5 Å². The molecular weight excluding hydrogens is 592 g/mol. The molecule has 5 amide bonds. The monoisotopic (exact) mass is 618 g/mol. The number of carbonyl (C=O) groups is 5. The first-order valence-electron chi connectivity index (χ1n) is 14.5. The second-order valence-electron chi connectivity index (χ2n) is 10.9. The SMILES string of the molecule is O=C1CCC(N2C(=O)c3cccc(NCc4cn(CC(=O)NC(c5cccnc5)c5cc6ccccc6o5)nn4)c3C2=O)C(=O)N1. The molecule has 2 atom stereocenters. The van der Waals surface area contributed by atoms with Crippen molar-refractivity contribution in [1.82, 2.24) is 35.5 Å². The van der Waals surface area contributed by atoms with Crippen LogP contribution in [0, 0.1) is 0 Å². The number of benzene rings is 2. The van der Waals surface area contributed by atoms with Gasteiger partial charge in [-0.15, -0.1) is 5.10 Å². The molecule has 3 aromatic heterocycles. The van der Waals surface area contributed by atoms with Crippen LogP contribution in [0.15, 0.2) is 83.7 Å². The van der Waals surface area contributed by atoms with Crippen molar-refractivity contribution in [3.05, 3.63) is 107 Å². The van der Waals surface area contributed by atoms with Crippen molar-refractivity contribution >= 4 is 46.2 Å². The summed E-state index contributed by atoms with van der Waals surface area (Å²) in [5.74, 6) is -2.11. The number of fused-ring (bicyclic) bond motifs is 2. The van der Waals surface area contributed by atoms with E-state index < -0.39 is 35.7 Å². The number of rotatable bonds is 9. The first kappa shape index (κ1) is 28.6. The van der Waals surface area contributed by atoms with Crippen LogP contribution < -0.4 is 16.0 Å². The number of amides is 5. The topological polar surface area (TPSA) is 181 Å². The number of piperidine rings is 1. The van der Waals surface area contributed by atoms with E-state index in [1.54, 1.807) is 36.8 Å². The number of imide groups is 2. The second-order valence-corrected chi connectivity index (χ2v) is 10.9. The fourth-order valence-electron chi connectivity index (χ4n) is 5.71. The number of furan rings is 1. The highest BCUT2D eigenvalue weighted by Gasteiger charge is 2.45. The molecule has 2 aliphatic rings. The van der Waals surface area contributed by atoms with Crippen LogP contribution in [0.1, 0.15) is 56.6 Å². The summed E-state index contributed by atoms with van der Waals surface area (Å²) in [6, 6.07) is 16.2. The van der Waals surface area contributed by atoms with Gasteiger partial charge in [0.15, 0.2) is 0 Å². The van der Waals surface area contributed by atoms with E-state index in [1.807, 2.05) is 36.4 Å². The second kappa shape index (κ2) is 11.7. The lowest BCUT2D eigenvalue weighted by atomic mass is 10.0. The van der Waals surface area contributed by atoms with E-state index in [-0.39, 0.29) is 43.0 Å². The van der Waals surface area contributed by atoms with E-state index in [2.05, 4.69) is 31.2 Å². The number of pyridine rings is 1. The zero-order valence-corrected chi connectivity index (χ0v) is 24.2. The fraction of sp³-hybridized carbons (Fsp3) is 0.188. The Labute approximate surface area is 260 Å². The third-order valence-electron chi connectivity index (χ3n) is 7.87. The molecule has 3 N–H and O–H groups in total. The van der Waals surface area contributed by atoms with Gasteiger partial charge in [-0.05, 0) is 36.8 Å². The molecule has 5 aromatic rings. The molecule has 0 aliphatic carbocycles. The van der Waals surface area contributed by atoms with E-state index >= 15 is 0 Å². The van der Waals surface area contributed by atoms with Crippen LogP contribution in [0.3, 0.4) is 0 Å². The van der Waals surface area contributed by atoms with E-state index in [0.29, 0.717) is 22.7 Å². The first-order chi connectivity index (χ1) is 22.4. The van der Waals surface area contributed by atoms with E-state index in [4.69, 9.17) is 4.42 Å². The van der Waals surface area contributed by atoms with Crippen molar-refractivity contribution in [2.75, 3.05) is 5.32 Å². The lowest BCUT2D eigenvalue weighted by Gasteiger charge is -2.27. The lowest BCUT2D eigenvalue weighted by Crippen LogP contribution is -2.54. The number of aromatic nitrogens is 4. The molecule has 230 valence electrons. The number of nitrogens with zero attached hydrogens (tertiary/aromatic N) is 5. The Bertz CT molecular complexity index is 1990. The highest BCUT2D eigenvalue weighted by atomic mass is 16.3. The van der Waals surface area contributed by atoms with Crippen LogP contribution in [0.5, 0.6) is 0 Å². The summed E-state index contributed by atoms with van der Waals surface area (Å²) < 4.78 is 7.43. The van der Waals surface area contributed by atoms with Crippen molar-refractivity contribution in [2.45, 2.75) is 38.0 Å². The molecule has 5 heterocycles. The molecule has 46 heavy (non-hydrogen) atoms. The number of hydrogen-bond donors (Lipinski definition) is 3. The van der Waals surface area contributed by atoms with Crippen molar-refractivity contribution in [3.8, 4) is 0 Å². The Kier molecular flexibility index (Phi) is 7.28. The Morgan fingerprint density at radius 3 is 2.72 bits per heavy atom. The summed E-state index contributed by atoms with van der Waals surface area (Å²) in [6.45, 7) is 0.00782. The van der Waals surface area contributed by atoms with Gasteiger partial charge in [-0.3, -0.25) is 39.2 Å². The van der Waals surface area contributed by atoms with Gasteiger partial charge in [0.1, 0.15) is 35.7 Å². The van der Waals surface area contributed by atoms with E-state index in [0.717, 1.165) is 15.8 Å². The molecule has 2 unspecified atom stereocenters. The van der Waals surface area contributed by atoms with Crippen molar-refractivity contribution < 1.29 is 28.4 Å². The molecule has 1 saturated heterocycles. The molecule has 0 saturated carbocycles. The molecule has 0 radical (unpaired) electrons. The Hall–Kier alpha value is -6.18. The van der Waals surface area contributed by atoms with Crippen LogP contribution in [0.2, 0.25) is 0 Å². The minimum Gasteiger partial charge on any atom is -0.459 e. The summed E-state index contributed by atoms with van der Waals surface area (Å²) in [4.78, 5) is 68.7. The minimum atomic E-state index is -1.06. The van der Waals surface area contributed by atoms with Gasteiger partial charge in [0.2, 0.25) is 17.7 Å². The molecule has 7 rings (SSSR count). The van der Waals surface area contributed by atoms with E-state index in [9.17, 15) is 24.0 Å². The highest BCUT2D eigenvalue weighted by molar-refractivity contribution is 6.25. The molecule has 0 spiro atoms. The number of anilines is 1. The standard InChI is InChI=1S/C32H26N8O6/c41-26-11-10-23(30(43)36-26)40-31(44)21-7-3-8-22(28(21)32(40)45)34-15-20-16-39(38-37-20)17-27(42)35-29(19-6-4-12-33-14-19)25-13-18-5-1-2-9-24(18)46-25/h1-9,12-14,16,23,29,34H,10-11,15,17H2,(H,35,42)(H,36,41,43). The van der Waals surface area contributed by atoms with Crippen LogP contribution in [-0.4, -0.2) is 60.5 Å². The molecule has 2 aromatic carbocycles. The van der Waals surface area contributed by atoms with Gasteiger partial charge in [0.25, 0.3) is 11.8 Å². The normalized spacial score (nSPS) is 16.8. The molecule has 0 bridgehead atoms. The van der Waals surface area contributed by atoms with Crippen molar-refractivity contribution in [2.24, 2.45) is 0 Å². The Balaban J connectivity index is 1.03. The molecule has 14 heteroatoms. The van der Waals surface area contributed by atoms with Gasteiger partial charge >= 0.3 is 0 Å². The minimum absolute atomic E-state index is 0.0343. The van der Waals surface area contributed by atoms with Gasteiger partial charge in [0, 0.05) is 35.5 Å². The zero-order valence-electron chi connectivity index (χ0n) is 24.2. The number of hydrogen-bond acceptors (Lipinski definition) is 10. The zero-order chi connectivity index (χ0) is 31.8. The lowest BCUT2D eigenvalue weighted by molar-refractivity contribution is -0.136. The third-order valence-corrected chi connectivity index (χ3v) is 7.87. The van der Waals surface area contributed by atoms with Crippen molar-refractivity contribution in [3.63, 3.8) is 0 Å². The number of nitrogens with one attached hydrogen (secondary N) is 3. The van der Waals surface area contributed by atoms with Gasteiger partial charge in [-0.25, -0.2) is 4.68 Å². The number of para-hydroxylation sites is 1. The average molecular weight is 619 g/mol. The van der Waals surface area contributed by atoms with Crippen LogP contribution in [0.4, 0.5) is 5.69 Å². The maximum atomic E-state index is 13.3. The predicted octanol–water partition coefficient (Wildman–Crippen LogP) is 2.34. The summed E-state index contributed by atoms with van der Waals surface area (Å²) in [7, 11) is 0. The molecular formula is C32H26N8O6. The summed E-state index contributed by atoms with van der Waals surface area (Å²) >= 11 is 0. The largest absolute Gasteiger partial charge is 0.459 e. The van der Waals surface area contributed by atoms with Crippen LogP contribution in [0.25, 0.3) is 11.0 Å². The Morgan fingerprint density at radius 1 is 1.04 bits per heavy atom. The maximum absolute atomic E-state index is 13.3.